The van der Waals surface area contributed by atoms with Crippen LogP contribution in [0.15, 0.2) is 52.9 Å². The van der Waals surface area contributed by atoms with E-state index in [0.29, 0.717) is 23.0 Å². The van der Waals surface area contributed by atoms with Gasteiger partial charge in [-0.25, -0.2) is 9.78 Å². The molecule has 0 bridgehead atoms. The number of rotatable bonds is 8. The zero-order valence-corrected chi connectivity index (χ0v) is 15.6. The maximum atomic E-state index is 12.6. The second-order valence-corrected chi connectivity index (χ2v) is 6.10. The lowest BCUT2D eigenvalue weighted by atomic mass is 10.1. The Morgan fingerprint density at radius 1 is 1.28 bits per heavy atom. The SMILES string of the molecule is Cc1oc(-c2ccccc2)nc1COC(=O)c1cc([N+](=O)[O-])ccc1NCCO. The van der Waals surface area contributed by atoms with Crippen molar-refractivity contribution >= 4 is 17.3 Å². The summed E-state index contributed by atoms with van der Waals surface area (Å²) in [6.45, 7) is 1.58. The molecule has 1 aromatic heterocycles. The van der Waals surface area contributed by atoms with E-state index in [0.717, 1.165) is 11.6 Å². The Morgan fingerprint density at radius 2 is 2.03 bits per heavy atom. The van der Waals surface area contributed by atoms with Gasteiger partial charge in [-0.3, -0.25) is 10.1 Å². The van der Waals surface area contributed by atoms with Crippen molar-refractivity contribution < 1.29 is 24.0 Å². The van der Waals surface area contributed by atoms with Crippen LogP contribution in [0.5, 0.6) is 0 Å². The first kappa shape index (κ1) is 20.0. The van der Waals surface area contributed by atoms with Gasteiger partial charge in [-0.05, 0) is 25.1 Å². The van der Waals surface area contributed by atoms with Crippen LogP contribution in [0, 0.1) is 17.0 Å². The van der Waals surface area contributed by atoms with E-state index >= 15 is 0 Å². The van der Waals surface area contributed by atoms with Gasteiger partial charge >= 0.3 is 5.97 Å². The molecule has 9 nitrogen and oxygen atoms in total. The number of ether oxygens (including phenoxy) is 1. The molecule has 0 unspecified atom stereocenters. The van der Waals surface area contributed by atoms with Gasteiger partial charge in [-0.2, -0.15) is 0 Å². The molecule has 0 spiro atoms. The molecule has 0 aliphatic carbocycles. The number of non-ortho nitro benzene ring substituents is 1. The summed E-state index contributed by atoms with van der Waals surface area (Å²) in [5, 5.41) is 22.8. The summed E-state index contributed by atoms with van der Waals surface area (Å²) in [5.41, 5.74) is 1.33. The molecule has 0 atom stereocenters. The van der Waals surface area contributed by atoms with Gasteiger partial charge in [0.25, 0.3) is 5.69 Å². The lowest BCUT2D eigenvalue weighted by molar-refractivity contribution is -0.384. The summed E-state index contributed by atoms with van der Waals surface area (Å²) in [6.07, 6.45) is 0. The van der Waals surface area contributed by atoms with Crippen LogP contribution in [-0.2, 0) is 11.3 Å². The van der Waals surface area contributed by atoms with E-state index in [-0.39, 0.29) is 31.0 Å². The van der Waals surface area contributed by atoms with Gasteiger partial charge in [0, 0.05) is 29.9 Å². The molecule has 150 valence electrons. The third-order valence-corrected chi connectivity index (χ3v) is 4.11. The monoisotopic (exact) mass is 397 g/mol. The molecule has 0 aliphatic heterocycles. The van der Waals surface area contributed by atoms with Gasteiger partial charge in [-0.1, -0.05) is 18.2 Å². The van der Waals surface area contributed by atoms with Crippen LogP contribution in [0.25, 0.3) is 11.5 Å². The predicted molar refractivity (Wildman–Crippen MR) is 104 cm³/mol. The molecular weight excluding hydrogens is 378 g/mol. The van der Waals surface area contributed by atoms with Crippen LogP contribution in [-0.4, -0.2) is 34.1 Å². The smallest absolute Gasteiger partial charge is 0.340 e. The quantitative estimate of drug-likeness (QED) is 0.337. The fraction of sp³-hybridized carbons (Fsp3) is 0.200. The van der Waals surface area contributed by atoms with E-state index in [1.807, 2.05) is 30.3 Å². The number of carbonyl (C=O) groups excluding carboxylic acids is 1. The normalized spacial score (nSPS) is 10.6. The zero-order valence-electron chi connectivity index (χ0n) is 15.6. The predicted octanol–water partition coefficient (Wildman–Crippen LogP) is 3.32. The number of nitrogens with zero attached hydrogens (tertiary/aromatic N) is 2. The molecule has 0 saturated heterocycles. The Balaban J connectivity index is 1.78. The van der Waals surface area contributed by atoms with E-state index in [1.54, 1.807) is 6.92 Å². The first-order valence-electron chi connectivity index (χ1n) is 8.81. The van der Waals surface area contributed by atoms with Gasteiger partial charge in [0.1, 0.15) is 18.1 Å². The minimum Gasteiger partial charge on any atom is -0.455 e. The molecule has 0 aliphatic rings. The number of hydrogen-bond acceptors (Lipinski definition) is 8. The maximum absolute atomic E-state index is 12.6. The number of nitro benzene ring substituents is 1. The lowest BCUT2D eigenvalue weighted by Gasteiger charge is -2.10. The summed E-state index contributed by atoms with van der Waals surface area (Å²) in [5.74, 6) is 0.168. The standard InChI is InChI=1S/C20H19N3O6/c1-13-18(22-19(29-13)14-5-3-2-4-6-14)12-28-20(25)16-11-15(23(26)27)7-8-17(16)21-9-10-24/h2-8,11,21,24H,9-10,12H2,1H3. The van der Waals surface area contributed by atoms with E-state index in [9.17, 15) is 14.9 Å². The largest absolute Gasteiger partial charge is 0.455 e. The fourth-order valence-corrected chi connectivity index (χ4v) is 2.64. The van der Waals surface area contributed by atoms with Gasteiger partial charge in [-0.15, -0.1) is 0 Å². The Bertz CT molecular complexity index is 1020. The number of aromatic nitrogens is 1. The van der Waals surface area contributed by atoms with Crippen LogP contribution in [0.1, 0.15) is 21.8 Å². The number of hydrogen-bond donors (Lipinski definition) is 2. The van der Waals surface area contributed by atoms with Crippen molar-refractivity contribution in [3.8, 4) is 11.5 Å². The van der Waals surface area contributed by atoms with Crippen molar-refractivity contribution in [2.45, 2.75) is 13.5 Å². The highest BCUT2D eigenvalue weighted by Gasteiger charge is 2.20. The Morgan fingerprint density at radius 3 is 2.72 bits per heavy atom. The Hall–Kier alpha value is -3.72. The second kappa shape index (κ2) is 8.98. The van der Waals surface area contributed by atoms with E-state index in [4.69, 9.17) is 14.3 Å². The van der Waals surface area contributed by atoms with Gasteiger partial charge < -0.3 is 19.6 Å². The number of esters is 1. The molecule has 2 aromatic carbocycles. The number of oxazole rings is 1. The maximum Gasteiger partial charge on any atom is 0.340 e. The van der Waals surface area contributed by atoms with Crippen molar-refractivity contribution in [3.05, 3.63) is 75.7 Å². The van der Waals surface area contributed by atoms with E-state index in [2.05, 4.69) is 10.3 Å². The molecular formula is C20H19N3O6. The molecule has 9 heteroatoms. The average Bonchev–Trinajstić information content (AvgIpc) is 3.11. The third kappa shape index (κ3) is 4.77. The molecule has 0 radical (unpaired) electrons. The first-order chi connectivity index (χ1) is 14.0. The second-order valence-electron chi connectivity index (χ2n) is 6.10. The van der Waals surface area contributed by atoms with Crippen molar-refractivity contribution in [1.29, 1.82) is 0 Å². The summed E-state index contributed by atoms with van der Waals surface area (Å²) in [7, 11) is 0. The molecule has 2 N–H and O–H groups in total. The zero-order chi connectivity index (χ0) is 20.8. The molecule has 3 aromatic rings. The van der Waals surface area contributed by atoms with Gasteiger partial charge in [0.15, 0.2) is 0 Å². The molecule has 0 fully saturated rings. The van der Waals surface area contributed by atoms with E-state index < -0.39 is 10.9 Å². The van der Waals surface area contributed by atoms with Crippen molar-refractivity contribution in [1.82, 2.24) is 4.98 Å². The van der Waals surface area contributed by atoms with Crippen LogP contribution in [0.4, 0.5) is 11.4 Å². The number of nitro groups is 1. The van der Waals surface area contributed by atoms with Crippen LogP contribution in [0.2, 0.25) is 0 Å². The number of carbonyl (C=O) groups is 1. The number of anilines is 1. The molecule has 3 rings (SSSR count). The summed E-state index contributed by atoms with van der Waals surface area (Å²) in [6, 6.07) is 13.1. The first-order valence-corrected chi connectivity index (χ1v) is 8.81. The summed E-state index contributed by atoms with van der Waals surface area (Å²) >= 11 is 0. The fourth-order valence-electron chi connectivity index (χ4n) is 2.64. The van der Waals surface area contributed by atoms with Crippen LogP contribution < -0.4 is 5.32 Å². The lowest BCUT2D eigenvalue weighted by Crippen LogP contribution is -2.13. The highest BCUT2D eigenvalue weighted by molar-refractivity contribution is 5.96. The van der Waals surface area contributed by atoms with E-state index in [1.165, 1.54) is 12.1 Å². The molecule has 0 amide bonds. The van der Waals surface area contributed by atoms with Crippen molar-refractivity contribution in [3.63, 3.8) is 0 Å². The third-order valence-electron chi connectivity index (χ3n) is 4.11. The summed E-state index contributed by atoms with van der Waals surface area (Å²) < 4.78 is 10.9. The highest BCUT2D eigenvalue weighted by atomic mass is 16.6. The minimum atomic E-state index is -0.752. The topological polar surface area (TPSA) is 128 Å². The molecule has 0 saturated carbocycles. The van der Waals surface area contributed by atoms with Gasteiger partial charge in [0.05, 0.1) is 17.1 Å². The number of aliphatic hydroxyl groups excluding tert-OH is 1. The highest BCUT2D eigenvalue weighted by Crippen LogP contribution is 2.25. The molecule has 1 heterocycles. The van der Waals surface area contributed by atoms with Crippen LogP contribution >= 0.6 is 0 Å². The van der Waals surface area contributed by atoms with Crippen molar-refractivity contribution in [2.75, 3.05) is 18.5 Å². The van der Waals surface area contributed by atoms with Gasteiger partial charge in [0.2, 0.25) is 5.89 Å². The Labute approximate surface area is 166 Å². The van der Waals surface area contributed by atoms with Crippen LogP contribution in [0.3, 0.4) is 0 Å². The molecule has 29 heavy (non-hydrogen) atoms. The number of nitrogens with one attached hydrogen (secondary N) is 1. The minimum absolute atomic E-state index is 0.00270. The number of aryl methyl sites for hydroxylation is 1. The summed E-state index contributed by atoms with van der Waals surface area (Å²) in [4.78, 5) is 27.4. The Kier molecular flexibility index (Phi) is 6.20. The average molecular weight is 397 g/mol. The number of benzene rings is 2. The van der Waals surface area contributed by atoms with Crippen molar-refractivity contribution in [2.24, 2.45) is 0 Å². The number of aliphatic hydroxyl groups is 1.